The lowest BCUT2D eigenvalue weighted by Gasteiger charge is -2.18. The van der Waals surface area contributed by atoms with Crippen molar-refractivity contribution >= 4 is 60.8 Å². The first-order valence-corrected chi connectivity index (χ1v) is 29.4. The maximum atomic E-state index is 10.5. The molecule has 10 nitrogen and oxygen atoms in total. The minimum atomic E-state index is 0.326. The molecule has 5 rings (SSSR count). The molecule has 0 radical (unpaired) electrons. The van der Waals surface area contributed by atoms with E-state index < -0.39 is 0 Å². The molecule has 0 aliphatic carbocycles. The molecule has 3 atom stereocenters. The van der Waals surface area contributed by atoms with Gasteiger partial charge in [-0.1, -0.05) is 173 Å². The predicted molar refractivity (Wildman–Crippen MR) is 343 cm³/mol. The first-order chi connectivity index (χ1) is 40.4. The molecule has 0 aromatic heterocycles. The summed E-state index contributed by atoms with van der Waals surface area (Å²) < 4.78 is 37.0. The van der Waals surface area contributed by atoms with Crippen LogP contribution in [0.5, 0.6) is 34.5 Å². The molecule has 0 heterocycles. The van der Waals surface area contributed by atoms with Gasteiger partial charge in [0.1, 0.15) is 34.5 Å². The van der Waals surface area contributed by atoms with Crippen molar-refractivity contribution in [3.63, 3.8) is 0 Å². The zero-order chi connectivity index (χ0) is 60.1. The number of unbranched alkanes of at least 4 members (excludes halogenated alkanes) is 3. The van der Waals surface area contributed by atoms with Crippen LogP contribution in [0.1, 0.15) is 196 Å². The molecule has 0 saturated heterocycles. The van der Waals surface area contributed by atoms with E-state index in [-0.39, 0.29) is 0 Å². The van der Waals surface area contributed by atoms with Crippen LogP contribution in [0.25, 0.3) is 60.8 Å². The molecule has 432 valence electrons. The summed E-state index contributed by atoms with van der Waals surface area (Å²) in [5.41, 5.74) is 8.32. The number of rotatable bonds is 34. The van der Waals surface area contributed by atoms with Gasteiger partial charge in [0, 0.05) is 33.4 Å². The third-order valence-corrected chi connectivity index (χ3v) is 15.3. The van der Waals surface area contributed by atoms with E-state index in [1.165, 1.54) is 0 Å². The summed E-state index contributed by atoms with van der Waals surface area (Å²) in [6.07, 6.45) is 31.2. The number of nitriles is 4. The van der Waals surface area contributed by atoms with Crippen molar-refractivity contribution in [1.29, 1.82) is 21.0 Å². The topological polar surface area (TPSA) is 151 Å². The van der Waals surface area contributed by atoms with Crippen LogP contribution < -0.4 is 28.4 Å². The summed E-state index contributed by atoms with van der Waals surface area (Å²) in [5.74, 6) is 4.95. The highest BCUT2D eigenvalue weighted by Gasteiger charge is 2.18. The molecule has 3 unspecified atom stereocenters. The van der Waals surface area contributed by atoms with E-state index in [1.54, 1.807) is 57.7 Å². The molecular weight excluding hydrogens is 1030 g/mol. The fourth-order valence-corrected chi connectivity index (χ4v) is 9.76. The van der Waals surface area contributed by atoms with Gasteiger partial charge in [-0.25, -0.2) is 0 Å². The second-order valence-corrected chi connectivity index (χ2v) is 20.8. The van der Waals surface area contributed by atoms with Crippen molar-refractivity contribution in [2.24, 2.45) is 17.8 Å². The Bertz CT molecular complexity index is 3300. The standard InChI is InChI=1S/C73H84N4O6/c1-12-20-23-51(15-4)48-81-71-42-60(69(79-10)38-55(71)19-8)30-26-56-34-67(47-77)59(37-64(56)44-74)29-33-63-41-70(80-11)61(43-73(63)83-50-53(17-6)25-22-14-3)31-27-57-35-66(46-76)58(36-65(57)45-75)28-32-62-40-68(78-9)54(18-7)39-72(62)82-49-52(16-5)24-21-13-2/h18-19,26-43,51-53H,7-8,12-17,20-25,48-50H2,1-6,9-11H3/b30-26+,31-27+,32-28+,33-29+. The summed E-state index contributed by atoms with van der Waals surface area (Å²) in [5, 5.41) is 42.0. The molecule has 10 heteroatoms. The van der Waals surface area contributed by atoms with Gasteiger partial charge in [-0.05, 0) is 120 Å². The third kappa shape index (κ3) is 18.4. The number of hydrogen-bond acceptors (Lipinski definition) is 10. The molecular formula is C73H84N4O6. The largest absolute Gasteiger partial charge is 0.496 e. The SMILES string of the molecule is C=Cc1cc(OCC(CC)CCCC)c(/C=C/c2cc(C#N)c(/C=C/c3cc(OCC(CC)CCCC)c(/C=C/c4cc(C#N)c(/C=C/c5cc(OCC(CC)CCCC)c(C=C)cc5OC)cc4C#N)cc3OC)cc2C#N)cc1OC. The maximum Gasteiger partial charge on any atom is 0.127 e. The quantitative estimate of drug-likeness (QED) is 0.0364. The summed E-state index contributed by atoms with van der Waals surface area (Å²) in [6.45, 7) is 22.8. The van der Waals surface area contributed by atoms with Gasteiger partial charge in [0.2, 0.25) is 0 Å². The predicted octanol–water partition coefficient (Wildman–Crippen LogP) is 19.0. The van der Waals surface area contributed by atoms with Gasteiger partial charge >= 0.3 is 0 Å². The van der Waals surface area contributed by atoms with Crippen LogP contribution in [-0.2, 0) is 0 Å². The lowest BCUT2D eigenvalue weighted by Crippen LogP contribution is -2.12. The monoisotopic (exact) mass is 1110 g/mol. The first kappa shape index (κ1) is 65.1. The van der Waals surface area contributed by atoms with Crippen LogP contribution in [0.4, 0.5) is 0 Å². The molecule has 0 spiro atoms. The van der Waals surface area contributed by atoms with E-state index in [2.05, 4.69) is 79.0 Å². The smallest absolute Gasteiger partial charge is 0.127 e. The average Bonchev–Trinajstić information content (AvgIpc) is 3.73. The fraction of sp³-hybridized carbons (Fsp3) is 0.370. The molecule has 0 bridgehead atoms. The Morgan fingerprint density at radius 1 is 0.349 bits per heavy atom. The van der Waals surface area contributed by atoms with Gasteiger partial charge in [0.15, 0.2) is 0 Å². The number of ether oxygens (including phenoxy) is 6. The van der Waals surface area contributed by atoms with E-state index in [9.17, 15) is 21.0 Å². The Kier molecular flexibility index (Phi) is 27.1. The Hall–Kier alpha value is -8.70. The molecule has 0 aliphatic rings. The zero-order valence-electron chi connectivity index (χ0n) is 50.5. The Labute approximate surface area is 495 Å². The van der Waals surface area contributed by atoms with E-state index in [4.69, 9.17) is 28.4 Å². The van der Waals surface area contributed by atoms with Crippen molar-refractivity contribution in [3.8, 4) is 58.8 Å². The van der Waals surface area contributed by atoms with E-state index in [1.807, 2.05) is 85.0 Å². The van der Waals surface area contributed by atoms with Crippen LogP contribution in [0, 0.1) is 63.1 Å². The van der Waals surface area contributed by atoms with Crippen LogP contribution in [-0.4, -0.2) is 41.2 Å². The van der Waals surface area contributed by atoms with Gasteiger partial charge in [0.25, 0.3) is 0 Å². The second-order valence-electron chi connectivity index (χ2n) is 20.8. The molecule has 0 N–H and O–H groups in total. The average molecular weight is 1110 g/mol. The van der Waals surface area contributed by atoms with E-state index in [0.717, 1.165) is 99.3 Å². The van der Waals surface area contributed by atoms with Crippen LogP contribution in [0.3, 0.4) is 0 Å². The lowest BCUT2D eigenvalue weighted by atomic mass is 9.96. The minimum Gasteiger partial charge on any atom is -0.496 e. The Morgan fingerprint density at radius 2 is 0.578 bits per heavy atom. The minimum absolute atomic E-state index is 0.326. The number of benzene rings is 5. The molecule has 0 saturated carbocycles. The number of methoxy groups -OCH3 is 3. The molecule has 5 aromatic rings. The highest BCUT2D eigenvalue weighted by molar-refractivity contribution is 5.85. The van der Waals surface area contributed by atoms with E-state index in [0.29, 0.717) is 128 Å². The van der Waals surface area contributed by atoms with E-state index >= 15 is 0 Å². The number of hydrogen-bond donors (Lipinski definition) is 0. The van der Waals surface area contributed by atoms with Gasteiger partial charge in [-0.2, -0.15) is 21.0 Å². The normalized spacial score (nSPS) is 12.3. The van der Waals surface area contributed by atoms with Gasteiger partial charge in [0.05, 0.1) is 87.7 Å². The van der Waals surface area contributed by atoms with Crippen molar-refractivity contribution in [3.05, 3.63) is 152 Å². The molecule has 0 fully saturated rings. The van der Waals surface area contributed by atoms with Gasteiger partial charge in [-0.15, -0.1) is 0 Å². The van der Waals surface area contributed by atoms with Crippen molar-refractivity contribution < 1.29 is 28.4 Å². The van der Waals surface area contributed by atoms with Gasteiger partial charge in [-0.3, -0.25) is 0 Å². The van der Waals surface area contributed by atoms with Gasteiger partial charge < -0.3 is 28.4 Å². The Morgan fingerprint density at radius 3 is 0.843 bits per heavy atom. The summed E-state index contributed by atoms with van der Waals surface area (Å²) >= 11 is 0. The highest BCUT2D eigenvalue weighted by atomic mass is 16.5. The summed E-state index contributed by atoms with van der Waals surface area (Å²) in [6, 6.07) is 27.7. The van der Waals surface area contributed by atoms with Crippen molar-refractivity contribution in [2.75, 3.05) is 41.2 Å². The Balaban J connectivity index is 1.52. The van der Waals surface area contributed by atoms with Crippen LogP contribution >= 0.6 is 0 Å². The highest BCUT2D eigenvalue weighted by Crippen LogP contribution is 2.37. The molecule has 0 amide bonds. The lowest BCUT2D eigenvalue weighted by molar-refractivity contribution is 0.232. The summed E-state index contributed by atoms with van der Waals surface area (Å²) in [7, 11) is 4.82. The molecule has 0 aliphatic heterocycles. The second kappa shape index (κ2) is 34.6. The fourth-order valence-electron chi connectivity index (χ4n) is 9.76. The van der Waals surface area contributed by atoms with Crippen LogP contribution in [0.2, 0.25) is 0 Å². The zero-order valence-corrected chi connectivity index (χ0v) is 50.5. The third-order valence-electron chi connectivity index (χ3n) is 15.3. The van der Waals surface area contributed by atoms with Crippen molar-refractivity contribution in [2.45, 2.75) is 119 Å². The number of nitrogens with zero attached hydrogens (tertiary/aromatic N) is 4. The maximum absolute atomic E-state index is 10.5. The first-order valence-electron chi connectivity index (χ1n) is 29.4. The summed E-state index contributed by atoms with van der Waals surface area (Å²) in [4.78, 5) is 0. The molecule has 83 heavy (non-hydrogen) atoms. The van der Waals surface area contributed by atoms with Crippen molar-refractivity contribution in [1.82, 2.24) is 0 Å². The van der Waals surface area contributed by atoms with Crippen LogP contribution in [0.15, 0.2) is 73.8 Å². The molecule has 5 aromatic carbocycles.